The molecule has 2 aromatic rings. The zero-order chi connectivity index (χ0) is 16.2. The lowest BCUT2D eigenvalue weighted by atomic mass is 9.96. The smallest absolute Gasteiger partial charge is 0.272 e. The van der Waals surface area contributed by atoms with Gasteiger partial charge in [-0.1, -0.05) is 0 Å². The predicted molar refractivity (Wildman–Crippen MR) is 75.9 cm³/mol. The SMILES string of the molecule is COC1O[C@@H]2[C@@H](CO)O[C@@H](n3cnc4c(N)ncnc43)[C@]2(C)O1. The van der Waals surface area contributed by atoms with Gasteiger partial charge in [0.1, 0.15) is 29.7 Å². The number of hydrogen-bond donors (Lipinski definition) is 2. The second-order valence-corrected chi connectivity index (χ2v) is 5.68. The van der Waals surface area contributed by atoms with Crippen LogP contribution in [0.15, 0.2) is 12.7 Å². The summed E-state index contributed by atoms with van der Waals surface area (Å²) in [7, 11) is 1.49. The number of aliphatic hydroxyl groups excluding tert-OH is 1. The highest BCUT2D eigenvalue weighted by molar-refractivity contribution is 5.81. The minimum absolute atomic E-state index is 0.208. The van der Waals surface area contributed by atoms with Crippen molar-refractivity contribution in [3.05, 3.63) is 12.7 Å². The molecule has 23 heavy (non-hydrogen) atoms. The van der Waals surface area contributed by atoms with Crippen molar-refractivity contribution in [1.82, 2.24) is 19.5 Å². The van der Waals surface area contributed by atoms with Crippen LogP contribution in [0, 0.1) is 0 Å². The van der Waals surface area contributed by atoms with E-state index in [1.807, 2.05) is 6.92 Å². The maximum absolute atomic E-state index is 9.59. The number of anilines is 1. The summed E-state index contributed by atoms with van der Waals surface area (Å²) in [6.45, 7) is 0.813. The highest BCUT2D eigenvalue weighted by Gasteiger charge is 2.62. The molecule has 1 unspecified atom stereocenters. The van der Waals surface area contributed by atoms with Crippen LogP contribution in [-0.2, 0) is 18.9 Å². The number of nitrogen functional groups attached to an aromatic ring is 1. The molecule has 2 saturated heterocycles. The number of aliphatic hydroxyl groups is 1. The van der Waals surface area contributed by atoms with E-state index in [-0.39, 0.29) is 12.4 Å². The molecule has 2 fully saturated rings. The lowest BCUT2D eigenvalue weighted by Crippen LogP contribution is -2.42. The molecular weight excluding hydrogens is 306 g/mol. The third kappa shape index (κ3) is 1.96. The molecule has 3 N–H and O–H groups in total. The first kappa shape index (κ1) is 14.7. The number of rotatable bonds is 3. The highest BCUT2D eigenvalue weighted by Crippen LogP contribution is 2.48. The molecule has 4 heterocycles. The minimum atomic E-state index is -0.874. The molecule has 10 nitrogen and oxygen atoms in total. The van der Waals surface area contributed by atoms with Crippen molar-refractivity contribution in [2.24, 2.45) is 0 Å². The number of methoxy groups -OCH3 is 1. The van der Waals surface area contributed by atoms with Gasteiger partial charge < -0.3 is 29.8 Å². The van der Waals surface area contributed by atoms with Gasteiger partial charge in [-0.05, 0) is 6.92 Å². The summed E-state index contributed by atoms with van der Waals surface area (Å²) >= 11 is 0. The first-order valence-corrected chi connectivity index (χ1v) is 7.14. The quantitative estimate of drug-likeness (QED) is 0.761. The van der Waals surface area contributed by atoms with Crippen molar-refractivity contribution in [2.45, 2.75) is 37.4 Å². The van der Waals surface area contributed by atoms with Gasteiger partial charge in [0.05, 0.1) is 12.9 Å². The van der Waals surface area contributed by atoms with Crippen LogP contribution in [0.2, 0.25) is 0 Å². The van der Waals surface area contributed by atoms with Crippen LogP contribution < -0.4 is 5.73 Å². The number of aromatic nitrogens is 4. The molecule has 0 saturated carbocycles. The van der Waals surface area contributed by atoms with E-state index >= 15 is 0 Å². The van der Waals surface area contributed by atoms with Gasteiger partial charge in [0, 0.05) is 7.11 Å². The Bertz CT molecular complexity index is 739. The molecule has 2 aliphatic heterocycles. The summed E-state index contributed by atoms with van der Waals surface area (Å²) in [5.74, 6) is 0.283. The number of ether oxygens (including phenoxy) is 4. The second-order valence-electron chi connectivity index (χ2n) is 5.68. The molecule has 2 aliphatic rings. The summed E-state index contributed by atoms with van der Waals surface area (Å²) in [6.07, 6.45) is 1.27. The number of hydrogen-bond acceptors (Lipinski definition) is 9. The van der Waals surface area contributed by atoms with Crippen molar-refractivity contribution < 1.29 is 24.1 Å². The Morgan fingerprint density at radius 3 is 2.96 bits per heavy atom. The molecule has 2 aromatic heterocycles. The summed E-state index contributed by atoms with van der Waals surface area (Å²) in [5.41, 5.74) is 5.94. The van der Waals surface area contributed by atoms with Crippen LogP contribution in [0.4, 0.5) is 5.82 Å². The van der Waals surface area contributed by atoms with Crippen LogP contribution in [0.3, 0.4) is 0 Å². The van der Waals surface area contributed by atoms with Gasteiger partial charge in [0.25, 0.3) is 6.48 Å². The monoisotopic (exact) mass is 323 g/mol. The van der Waals surface area contributed by atoms with Gasteiger partial charge in [-0.15, -0.1) is 0 Å². The summed E-state index contributed by atoms with van der Waals surface area (Å²) in [6, 6.07) is 0. The molecule has 4 rings (SSSR count). The van der Waals surface area contributed by atoms with Crippen LogP contribution in [-0.4, -0.2) is 62.6 Å². The zero-order valence-electron chi connectivity index (χ0n) is 12.6. The molecule has 10 heteroatoms. The normalized spacial score (nSPS) is 36.7. The predicted octanol–water partition coefficient (Wildman–Crippen LogP) is -0.598. The van der Waals surface area contributed by atoms with E-state index in [0.717, 1.165) is 0 Å². The second kappa shape index (κ2) is 5.08. The number of fused-ring (bicyclic) bond motifs is 2. The lowest BCUT2D eigenvalue weighted by molar-refractivity contribution is -0.269. The fourth-order valence-electron chi connectivity index (χ4n) is 3.21. The molecule has 5 atom stereocenters. The van der Waals surface area contributed by atoms with Crippen molar-refractivity contribution in [2.75, 3.05) is 19.5 Å². The number of nitrogens with zero attached hydrogens (tertiary/aromatic N) is 4. The Hall–Kier alpha value is -1.85. The van der Waals surface area contributed by atoms with Crippen molar-refractivity contribution in [1.29, 1.82) is 0 Å². The fraction of sp³-hybridized carbons (Fsp3) is 0.615. The van der Waals surface area contributed by atoms with Crippen LogP contribution in [0.1, 0.15) is 13.2 Å². The van der Waals surface area contributed by atoms with E-state index in [1.165, 1.54) is 13.4 Å². The maximum Gasteiger partial charge on any atom is 0.272 e. The molecule has 0 amide bonds. The third-order valence-corrected chi connectivity index (χ3v) is 4.32. The molecule has 124 valence electrons. The van der Waals surface area contributed by atoms with Gasteiger partial charge in [-0.25, -0.2) is 15.0 Å². The molecule has 0 bridgehead atoms. The Morgan fingerprint density at radius 2 is 2.22 bits per heavy atom. The largest absolute Gasteiger partial charge is 0.394 e. The average Bonchev–Trinajstić information content (AvgIpc) is 3.17. The van der Waals surface area contributed by atoms with Gasteiger partial charge in [0.15, 0.2) is 17.7 Å². The van der Waals surface area contributed by atoms with Gasteiger partial charge in [-0.3, -0.25) is 4.57 Å². The van der Waals surface area contributed by atoms with Crippen molar-refractivity contribution >= 4 is 17.0 Å². The van der Waals surface area contributed by atoms with E-state index in [2.05, 4.69) is 15.0 Å². The molecule has 0 spiro atoms. The molecule has 0 aliphatic carbocycles. The van der Waals surface area contributed by atoms with E-state index in [9.17, 15) is 5.11 Å². The summed E-state index contributed by atoms with van der Waals surface area (Å²) in [4.78, 5) is 12.4. The Morgan fingerprint density at radius 1 is 1.39 bits per heavy atom. The standard InChI is InChI=1S/C13H17N5O5/c1-13-8(22-12(20-2)23-13)6(3-19)21-11(13)18-5-17-7-9(14)15-4-16-10(7)18/h4-6,8,11-12,19H,3H2,1-2H3,(H2,14,15,16)/t6-,8-,11-,12?,13-/m1/s1. The topological polar surface area (TPSA) is 127 Å². The first-order chi connectivity index (χ1) is 11.1. The Kier molecular flexibility index (Phi) is 3.25. The fourth-order valence-corrected chi connectivity index (χ4v) is 3.21. The van der Waals surface area contributed by atoms with E-state index in [0.29, 0.717) is 11.2 Å². The van der Waals surface area contributed by atoms with Crippen LogP contribution >= 0.6 is 0 Å². The maximum atomic E-state index is 9.59. The number of nitrogens with two attached hydrogens (primary N) is 1. The van der Waals surface area contributed by atoms with Gasteiger partial charge in [0.2, 0.25) is 0 Å². The summed E-state index contributed by atoms with van der Waals surface area (Å²) < 4.78 is 24.3. The Balaban J connectivity index is 1.80. The zero-order valence-corrected chi connectivity index (χ0v) is 12.6. The van der Waals surface area contributed by atoms with Crippen LogP contribution in [0.5, 0.6) is 0 Å². The minimum Gasteiger partial charge on any atom is -0.394 e. The van der Waals surface area contributed by atoms with Crippen LogP contribution in [0.25, 0.3) is 11.2 Å². The third-order valence-electron chi connectivity index (χ3n) is 4.32. The molecule has 0 aromatic carbocycles. The molecule has 0 radical (unpaired) electrons. The van der Waals surface area contributed by atoms with E-state index in [1.54, 1.807) is 10.9 Å². The van der Waals surface area contributed by atoms with Crippen molar-refractivity contribution in [3.63, 3.8) is 0 Å². The average molecular weight is 323 g/mol. The van der Waals surface area contributed by atoms with Gasteiger partial charge in [-0.2, -0.15) is 0 Å². The van der Waals surface area contributed by atoms with Crippen molar-refractivity contribution in [3.8, 4) is 0 Å². The molecular formula is C13H17N5O5. The lowest BCUT2D eigenvalue weighted by Gasteiger charge is -2.28. The van der Waals surface area contributed by atoms with E-state index in [4.69, 9.17) is 24.7 Å². The summed E-state index contributed by atoms with van der Waals surface area (Å²) in [5, 5.41) is 9.59. The highest BCUT2D eigenvalue weighted by atomic mass is 16.9. The Labute approximate surface area is 131 Å². The number of imidazole rings is 1. The van der Waals surface area contributed by atoms with E-state index < -0.39 is 30.5 Å². The van der Waals surface area contributed by atoms with Gasteiger partial charge >= 0.3 is 0 Å². The first-order valence-electron chi connectivity index (χ1n) is 7.14.